The van der Waals surface area contributed by atoms with Gasteiger partial charge in [-0.25, -0.2) is 0 Å². The highest BCUT2D eigenvalue weighted by Crippen LogP contribution is 2.81. The van der Waals surface area contributed by atoms with E-state index in [2.05, 4.69) is 36.1 Å². The van der Waals surface area contributed by atoms with Crippen LogP contribution < -0.4 is 0 Å². The van der Waals surface area contributed by atoms with Crippen LogP contribution in [-0.2, 0) is 11.3 Å². The Labute approximate surface area is 202 Å². The number of rotatable bonds is 3. The molecule has 4 aliphatic carbocycles. The van der Waals surface area contributed by atoms with Crippen molar-refractivity contribution in [3.63, 3.8) is 0 Å². The van der Waals surface area contributed by atoms with Crippen molar-refractivity contribution in [2.45, 2.75) is 81.5 Å². The third kappa shape index (κ3) is 2.30. The van der Waals surface area contributed by atoms with Gasteiger partial charge in [-0.1, -0.05) is 43.3 Å². The lowest BCUT2D eigenvalue weighted by atomic mass is 9.57. The molecule has 0 amide bonds. The molecule has 6 aliphatic rings. The number of hydrogen-bond donors (Lipinski definition) is 3. The van der Waals surface area contributed by atoms with Gasteiger partial charge in [0.1, 0.15) is 0 Å². The number of aliphatic hydroxyl groups excluding tert-OH is 3. The molecule has 34 heavy (non-hydrogen) atoms. The molecule has 2 aliphatic heterocycles. The van der Waals surface area contributed by atoms with Gasteiger partial charge in [-0.3, -0.25) is 0 Å². The van der Waals surface area contributed by atoms with Crippen molar-refractivity contribution in [3.8, 4) is 0 Å². The van der Waals surface area contributed by atoms with Gasteiger partial charge < -0.3 is 25.0 Å². The number of hydrogen-bond acceptors (Lipinski definition) is 5. The fourth-order valence-electron chi connectivity index (χ4n) is 9.42. The van der Waals surface area contributed by atoms with Gasteiger partial charge >= 0.3 is 0 Å². The van der Waals surface area contributed by atoms with Crippen LogP contribution in [0.5, 0.6) is 0 Å². The van der Waals surface area contributed by atoms with Crippen molar-refractivity contribution >= 4 is 5.57 Å². The Balaban J connectivity index is 1.29. The van der Waals surface area contributed by atoms with Crippen molar-refractivity contribution < 1.29 is 20.1 Å². The fourth-order valence-corrected chi connectivity index (χ4v) is 9.42. The summed E-state index contributed by atoms with van der Waals surface area (Å²) in [5, 5.41) is 32.0. The number of allylic oxidation sites excluding steroid dienone is 3. The molecule has 0 aromatic heterocycles. The standard InChI is InChI=1S/C29H37NO4/c1-26-11-10-20-21-14-28(21)25(33)24(32)22(30(2)3)15-27(28)12-13-29(20,34-27)23(26)9-8-19(26)18-6-4-17(16-31)5-7-18/h4-8,10,21-25,31-33H,9,11-16H2,1-3H3. The van der Waals surface area contributed by atoms with E-state index in [0.29, 0.717) is 11.8 Å². The van der Waals surface area contributed by atoms with E-state index in [0.717, 1.165) is 44.1 Å². The minimum atomic E-state index is -0.730. The van der Waals surface area contributed by atoms with Gasteiger partial charge in [0, 0.05) is 22.8 Å². The van der Waals surface area contributed by atoms with Crippen molar-refractivity contribution in [1.82, 2.24) is 4.90 Å². The SMILES string of the molecule is CN(C)C1CC23CCC4(O2)C(=CCC2(C)C(c5ccc(CO)cc5)=CCC24)C2CC23C(O)C1O. The molecule has 4 fully saturated rings. The molecular formula is C29H37NO4. The molecule has 3 spiro atoms. The van der Waals surface area contributed by atoms with Crippen molar-refractivity contribution in [1.29, 1.82) is 0 Å². The first kappa shape index (κ1) is 21.8. The molecule has 1 aromatic rings. The van der Waals surface area contributed by atoms with Crippen LogP contribution in [0.1, 0.15) is 56.6 Å². The summed E-state index contributed by atoms with van der Waals surface area (Å²) in [4.78, 5) is 2.07. The second-order valence-corrected chi connectivity index (χ2v) is 12.5. The largest absolute Gasteiger partial charge is 0.392 e. The third-order valence-electron chi connectivity index (χ3n) is 11.1. The van der Waals surface area contributed by atoms with Crippen LogP contribution in [0.3, 0.4) is 0 Å². The highest BCUT2D eigenvalue weighted by atomic mass is 16.5. The Hall–Kier alpha value is -1.50. The van der Waals surface area contributed by atoms with Crippen LogP contribution in [0.4, 0.5) is 0 Å². The van der Waals surface area contributed by atoms with Gasteiger partial charge in [0.15, 0.2) is 0 Å². The van der Waals surface area contributed by atoms with Crippen LogP contribution in [0, 0.1) is 22.7 Å². The second kappa shape index (κ2) is 6.63. The molecule has 1 aromatic carbocycles. The number of benzene rings is 1. The van der Waals surface area contributed by atoms with Crippen molar-refractivity contribution in [2.24, 2.45) is 22.7 Å². The van der Waals surface area contributed by atoms with E-state index in [4.69, 9.17) is 4.74 Å². The van der Waals surface area contributed by atoms with E-state index in [1.54, 1.807) is 0 Å². The van der Waals surface area contributed by atoms with E-state index < -0.39 is 12.2 Å². The van der Waals surface area contributed by atoms with E-state index in [9.17, 15) is 15.3 Å². The predicted molar refractivity (Wildman–Crippen MR) is 130 cm³/mol. The Morgan fingerprint density at radius 1 is 1.06 bits per heavy atom. The molecule has 2 heterocycles. The van der Waals surface area contributed by atoms with E-state index in [1.807, 2.05) is 26.2 Å². The Kier molecular flexibility index (Phi) is 4.24. The smallest absolute Gasteiger partial charge is 0.0961 e. The topological polar surface area (TPSA) is 73.2 Å². The summed E-state index contributed by atoms with van der Waals surface area (Å²) in [7, 11) is 4.01. The molecule has 9 atom stereocenters. The van der Waals surface area contributed by atoms with Gasteiger partial charge in [0.05, 0.1) is 30.0 Å². The maximum atomic E-state index is 11.5. The average Bonchev–Trinajstić information content (AvgIpc) is 3.36. The van der Waals surface area contributed by atoms with Crippen molar-refractivity contribution in [3.05, 3.63) is 53.1 Å². The number of aliphatic hydroxyl groups is 3. The lowest BCUT2D eigenvalue weighted by molar-refractivity contribution is -0.248. The molecule has 2 saturated heterocycles. The van der Waals surface area contributed by atoms with Crippen molar-refractivity contribution in [2.75, 3.05) is 14.1 Å². The molecule has 7 rings (SSSR count). The maximum Gasteiger partial charge on any atom is 0.0961 e. The Morgan fingerprint density at radius 3 is 2.53 bits per heavy atom. The molecule has 2 saturated carbocycles. The highest BCUT2D eigenvalue weighted by molar-refractivity contribution is 5.74. The zero-order valence-corrected chi connectivity index (χ0v) is 20.5. The van der Waals surface area contributed by atoms with Gasteiger partial charge in [-0.15, -0.1) is 0 Å². The third-order valence-corrected chi connectivity index (χ3v) is 11.1. The minimum absolute atomic E-state index is 0.0123. The predicted octanol–water partition coefficient (Wildman–Crippen LogP) is 3.28. The Bertz CT molecular complexity index is 1110. The zero-order chi connectivity index (χ0) is 23.7. The van der Waals surface area contributed by atoms with Crippen LogP contribution in [0.2, 0.25) is 0 Å². The lowest BCUT2D eigenvalue weighted by Crippen LogP contribution is -2.67. The molecule has 9 unspecified atom stereocenters. The molecule has 5 heteroatoms. The first-order valence-corrected chi connectivity index (χ1v) is 13.1. The average molecular weight is 464 g/mol. The monoisotopic (exact) mass is 463 g/mol. The van der Waals surface area contributed by atoms with Gasteiger partial charge in [0.2, 0.25) is 0 Å². The molecule has 182 valence electrons. The first-order valence-electron chi connectivity index (χ1n) is 13.1. The summed E-state index contributed by atoms with van der Waals surface area (Å²) in [6.45, 7) is 2.49. The summed E-state index contributed by atoms with van der Waals surface area (Å²) in [6.07, 6.45) is 9.20. The molecule has 2 bridgehead atoms. The van der Waals surface area contributed by atoms with E-state index in [1.165, 1.54) is 16.7 Å². The summed E-state index contributed by atoms with van der Waals surface area (Å²) in [5.41, 5.74) is 4.15. The van der Waals surface area contributed by atoms with Crippen LogP contribution in [-0.4, -0.2) is 63.8 Å². The summed E-state index contributed by atoms with van der Waals surface area (Å²) in [6, 6.07) is 8.30. The number of nitrogens with zero attached hydrogens (tertiary/aromatic N) is 1. The molecule has 0 radical (unpaired) electrons. The number of likely N-dealkylation sites (N-methyl/N-ethyl adjacent to an activating group) is 1. The van der Waals surface area contributed by atoms with E-state index in [-0.39, 0.29) is 34.7 Å². The minimum Gasteiger partial charge on any atom is -0.392 e. The fraction of sp³-hybridized carbons (Fsp3) is 0.655. The van der Waals surface area contributed by atoms with Crippen LogP contribution >= 0.6 is 0 Å². The molecule has 5 nitrogen and oxygen atoms in total. The lowest BCUT2D eigenvalue weighted by Gasteiger charge is -2.59. The maximum absolute atomic E-state index is 11.5. The summed E-state index contributed by atoms with van der Waals surface area (Å²) < 4.78 is 7.39. The summed E-state index contributed by atoms with van der Waals surface area (Å²) >= 11 is 0. The highest BCUT2D eigenvalue weighted by Gasteiger charge is 2.84. The summed E-state index contributed by atoms with van der Waals surface area (Å²) in [5.74, 6) is 0.737. The van der Waals surface area contributed by atoms with Crippen LogP contribution in [0.15, 0.2) is 42.0 Å². The number of fused-ring (bicyclic) bond motifs is 2. The van der Waals surface area contributed by atoms with Gasteiger partial charge in [-0.05, 0) is 80.8 Å². The first-order chi connectivity index (χ1) is 16.2. The molecular weight excluding hydrogens is 426 g/mol. The number of ether oxygens (including phenoxy) is 1. The van der Waals surface area contributed by atoms with Gasteiger partial charge in [0.25, 0.3) is 0 Å². The molecule has 3 N–H and O–H groups in total. The normalized spacial score (nSPS) is 50.1. The van der Waals surface area contributed by atoms with Crippen LogP contribution in [0.25, 0.3) is 5.57 Å². The van der Waals surface area contributed by atoms with E-state index >= 15 is 0 Å². The Morgan fingerprint density at radius 2 is 1.82 bits per heavy atom. The van der Waals surface area contributed by atoms with Gasteiger partial charge in [-0.2, -0.15) is 0 Å². The zero-order valence-electron chi connectivity index (χ0n) is 20.5. The quantitative estimate of drug-likeness (QED) is 0.600. The second-order valence-electron chi connectivity index (χ2n) is 12.5.